The first kappa shape index (κ1) is 14.9. The van der Waals surface area contributed by atoms with Crippen LogP contribution in [-0.2, 0) is 0 Å². The molecule has 1 aromatic heterocycles. The van der Waals surface area contributed by atoms with Crippen LogP contribution in [0.4, 0.5) is 0 Å². The predicted molar refractivity (Wildman–Crippen MR) is 89.6 cm³/mol. The van der Waals surface area contributed by atoms with Gasteiger partial charge in [0.25, 0.3) is 5.91 Å². The van der Waals surface area contributed by atoms with Gasteiger partial charge in [-0.2, -0.15) is 0 Å². The maximum Gasteiger partial charge on any atom is 0.264 e. The molecule has 2 nitrogen and oxygen atoms in total. The Morgan fingerprint density at radius 1 is 1.10 bits per heavy atom. The van der Waals surface area contributed by atoms with E-state index in [1.54, 1.807) is 6.07 Å². The van der Waals surface area contributed by atoms with E-state index in [9.17, 15) is 4.79 Å². The zero-order chi connectivity index (χ0) is 15.0. The highest BCUT2D eigenvalue weighted by Gasteiger charge is 2.23. The van der Waals surface area contributed by atoms with Gasteiger partial charge < -0.3 is 4.90 Å². The average Bonchev–Trinajstić information content (AvgIpc) is 3.06. The Morgan fingerprint density at radius 3 is 2.33 bits per heavy atom. The van der Waals surface area contributed by atoms with Crippen molar-refractivity contribution in [3.05, 3.63) is 44.8 Å². The minimum Gasteiger partial charge on any atom is -0.338 e. The number of carbonyl (C=O) groups is 1. The zero-order valence-corrected chi connectivity index (χ0v) is 14.0. The molecule has 1 aliphatic rings. The van der Waals surface area contributed by atoms with Gasteiger partial charge in [-0.05, 0) is 55.2 Å². The molecule has 110 valence electrons. The predicted octanol–water partition coefficient (Wildman–Crippen LogP) is 5.27. The van der Waals surface area contributed by atoms with Crippen LogP contribution in [0.25, 0.3) is 10.4 Å². The third kappa shape index (κ3) is 3.10. The highest BCUT2D eigenvalue weighted by molar-refractivity contribution is 7.17. The molecule has 1 amide bonds. The Morgan fingerprint density at radius 2 is 1.71 bits per heavy atom. The second-order valence-corrected chi connectivity index (χ2v) is 7.21. The molecule has 0 bridgehead atoms. The number of rotatable bonds is 2. The fraction of sp³-hybridized carbons (Fsp3) is 0.312. The molecule has 0 unspecified atom stereocenters. The molecule has 0 spiro atoms. The van der Waals surface area contributed by atoms with Gasteiger partial charge >= 0.3 is 0 Å². The van der Waals surface area contributed by atoms with Gasteiger partial charge in [-0.1, -0.05) is 23.2 Å². The number of amides is 1. The Bertz CT molecular complexity index is 669. The largest absolute Gasteiger partial charge is 0.338 e. The summed E-state index contributed by atoms with van der Waals surface area (Å²) in [4.78, 5) is 16.3. The van der Waals surface area contributed by atoms with Crippen molar-refractivity contribution in [1.29, 1.82) is 0 Å². The fourth-order valence-electron chi connectivity index (χ4n) is 2.60. The summed E-state index contributed by atoms with van der Waals surface area (Å²) in [7, 11) is 0. The molecule has 2 aromatic rings. The van der Waals surface area contributed by atoms with E-state index in [0.29, 0.717) is 10.0 Å². The van der Waals surface area contributed by atoms with Crippen LogP contribution in [0.3, 0.4) is 0 Å². The standard InChI is InChI=1S/C16H15Cl2NOS/c1-10-6-14(11-7-12(17)9-13(18)8-11)21-15(10)16(20)19-4-2-3-5-19/h6-9H,2-5H2,1H3. The molecule has 1 fully saturated rings. The van der Waals surface area contributed by atoms with E-state index in [1.165, 1.54) is 11.3 Å². The van der Waals surface area contributed by atoms with Crippen molar-refractivity contribution < 1.29 is 4.79 Å². The van der Waals surface area contributed by atoms with Crippen LogP contribution in [0.1, 0.15) is 28.1 Å². The highest BCUT2D eigenvalue weighted by Crippen LogP contribution is 2.35. The molecule has 0 aliphatic carbocycles. The summed E-state index contributed by atoms with van der Waals surface area (Å²) < 4.78 is 0. The lowest BCUT2D eigenvalue weighted by molar-refractivity contribution is 0.0797. The normalized spacial score (nSPS) is 14.7. The van der Waals surface area contributed by atoms with Crippen molar-refractivity contribution in [2.24, 2.45) is 0 Å². The van der Waals surface area contributed by atoms with Crippen LogP contribution >= 0.6 is 34.5 Å². The first-order valence-corrected chi connectivity index (χ1v) is 8.48. The smallest absolute Gasteiger partial charge is 0.264 e. The van der Waals surface area contributed by atoms with Crippen LogP contribution < -0.4 is 0 Å². The number of benzene rings is 1. The zero-order valence-electron chi connectivity index (χ0n) is 11.7. The second kappa shape index (κ2) is 5.99. The molecule has 1 saturated heterocycles. The molecular weight excluding hydrogens is 325 g/mol. The van der Waals surface area contributed by atoms with E-state index < -0.39 is 0 Å². The van der Waals surface area contributed by atoms with E-state index in [0.717, 1.165) is 46.8 Å². The molecule has 0 N–H and O–H groups in total. The summed E-state index contributed by atoms with van der Waals surface area (Å²) in [5, 5.41) is 1.21. The molecule has 0 saturated carbocycles. The highest BCUT2D eigenvalue weighted by atomic mass is 35.5. The van der Waals surface area contributed by atoms with Gasteiger partial charge in [-0.15, -0.1) is 11.3 Å². The summed E-state index contributed by atoms with van der Waals surface area (Å²) in [6, 6.07) is 7.50. The second-order valence-electron chi connectivity index (χ2n) is 5.28. The molecular formula is C16H15Cl2NOS. The number of hydrogen-bond acceptors (Lipinski definition) is 2. The van der Waals surface area contributed by atoms with Crippen LogP contribution in [0.2, 0.25) is 10.0 Å². The number of likely N-dealkylation sites (tertiary alicyclic amines) is 1. The van der Waals surface area contributed by atoms with Gasteiger partial charge in [-0.25, -0.2) is 0 Å². The van der Waals surface area contributed by atoms with Crippen molar-refractivity contribution in [3.63, 3.8) is 0 Å². The van der Waals surface area contributed by atoms with E-state index in [4.69, 9.17) is 23.2 Å². The molecule has 1 aliphatic heterocycles. The monoisotopic (exact) mass is 339 g/mol. The lowest BCUT2D eigenvalue weighted by atomic mass is 10.1. The van der Waals surface area contributed by atoms with Crippen LogP contribution in [-0.4, -0.2) is 23.9 Å². The molecule has 0 radical (unpaired) electrons. The number of carbonyl (C=O) groups excluding carboxylic acids is 1. The van der Waals surface area contributed by atoms with Crippen LogP contribution in [0, 0.1) is 6.92 Å². The summed E-state index contributed by atoms with van der Waals surface area (Å²) in [5.41, 5.74) is 1.98. The van der Waals surface area contributed by atoms with E-state index >= 15 is 0 Å². The number of hydrogen-bond donors (Lipinski definition) is 0. The van der Waals surface area contributed by atoms with Gasteiger partial charge in [-0.3, -0.25) is 4.79 Å². The third-order valence-corrected chi connectivity index (χ3v) is 5.36. The quantitative estimate of drug-likeness (QED) is 0.730. The first-order chi connectivity index (χ1) is 10.0. The first-order valence-electron chi connectivity index (χ1n) is 6.91. The SMILES string of the molecule is Cc1cc(-c2cc(Cl)cc(Cl)c2)sc1C(=O)N1CCCC1. The van der Waals surface area contributed by atoms with Crippen molar-refractivity contribution in [1.82, 2.24) is 4.90 Å². The molecule has 3 rings (SSSR count). The summed E-state index contributed by atoms with van der Waals surface area (Å²) >= 11 is 13.6. The Balaban J connectivity index is 1.95. The Hall–Kier alpha value is -1.03. The van der Waals surface area contributed by atoms with Crippen molar-refractivity contribution in [2.45, 2.75) is 19.8 Å². The number of nitrogens with zero attached hydrogens (tertiary/aromatic N) is 1. The number of aryl methyl sites for hydroxylation is 1. The summed E-state index contributed by atoms with van der Waals surface area (Å²) in [5.74, 6) is 0.148. The van der Waals surface area contributed by atoms with Crippen molar-refractivity contribution >= 4 is 40.4 Å². The van der Waals surface area contributed by atoms with Crippen molar-refractivity contribution in [3.8, 4) is 10.4 Å². The molecule has 5 heteroatoms. The van der Waals surface area contributed by atoms with E-state index in [2.05, 4.69) is 0 Å². The average molecular weight is 340 g/mol. The van der Waals surface area contributed by atoms with E-state index in [-0.39, 0.29) is 5.91 Å². The number of halogens is 2. The minimum atomic E-state index is 0.148. The van der Waals surface area contributed by atoms with Gasteiger partial charge in [0, 0.05) is 28.0 Å². The third-order valence-electron chi connectivity index (χ3n) is 3.65. The van der Waals surface area contributed by atoms with Crippen molar-refractivity contribution in [2.75, 3.05) is 13.1 Å². The van der Waals surface area contributed by atoms with Gasteiger partial charge in [0.15, 0.2) is 0 Å². The molecule has 0 atom stereocenters. The summed E-state index contributed by atoms with van der Waals surface area (Å²) in [6.07, 6.45) is 2.21. The fourth-order valence-corrected chi connectivity index (χ4v) is 4.25. The Labute approximate surface area is 138 Å². The maximum atomic E-state index is 12.5. The molecule has 2 heterocycles. The van der Waals surface area contributed by atoms with Gasteiger partial charge in [0.1, 0.15) is 0 Å². The summed E-state index contributed by atoms with van der Waals surface area (Å²) in [6.45, 7) is 3.72. The Kier molecular flexibility index (Phi) is 4.25. The van der Waals surface area contributed by atoms with E-state index in [1.807, 2.05) is 30.0 Å². The molecule has 1 aromatic carbocycles. The van der Waals surface area contributed by atoms with Crippen LogP contribution in [0.15, 0.2) is 24.3 Å². The maximum absolute atomic E-state index is 12.5. The number of thiophene rings is 1. The topological polar surface area (TPSA) is 20.3 Å². The minimum absolute atomic E-state index is 0.148. The van der Waals surface area contributed by atoms with Gasteiger partial charge in [0.05, 0.1) is 4.88 Å². The lowest BCUT2D eigenvalue weighted by Gasteiger charge is -2.14. The van der Waals surface area contributed by atoms with Crippen LogP contribution in [0.5, 0.6) is 0 Å². The lowest BCUT2D eigenvalue weighted by Crippen LogP contribution is -2.27. The van der Waals surface area contributed by atoms with Gasteiger partial charge in [0.2, 0.25) is 0 Å². The molecule has 21 heavy (non-hydrogen) atoms.